The van der Waals surface area contributed by atoms with Crippen LogP contribution in [-0.4, -0.2) is 27.1 Å². The number of rotatable bonds is 9. The van der Waals surface area contributed by atoms with Crippen LogP contribution in [0.15, 0.2) is 18.2 Å². The maximum absolute atomic E-state index is 5.62. The van der Waals surface area contributed by atoms with Gasteiger partial charge in [-0.15, -0.1) is 0 Å². The zero-order valence-corrected chi connectivity index (χ0v) is 12.4. The van der Waals surface area contributed by atoms with Crippen molar-refractivity contribution in [3.8, 4) is 11.5 Å². The van der Waals surface area contributed by atoms with Crippen LogP contribution in [0.5, 0.6) is 11.5 Å². The Morgan fingerprint density at radius 1 is 1.26 bits per heavy atom. The molecule has 0 fully saturated rings. The summed E-state index contributed by atoms with van der Waals surface area (Å²) in [4.78, 5) is 0. The molecule has 0 radical (unpaired) electrons. The van der Waals surface area contributed by atoms with Gasteiger partial charge >= 0.3 is 0 Å². The van der Waals surface area contributed by atoms with Gasteiger partial charge in [-0.1, -0.05) is 13.8 Å². The summed E-state index contributed by atoms with van der Waals surface area (Å²) in [5.41, 5.74) is 1.08. The molecule has 0 aromatic heterocycles. The summed E-state index contributed by atoms with van der Waals surface area (Å²) in [5, 5.41) is 3.41. The first-order valence-electron chi connectivity index (χ1n) is 6.75. The van der Waals surface area contributed by atoms with Crippen LogP contribution in [0.25, 0.3) is 0 Å². The molecule has 0 aliphatic rings. The zero-order chi connectivity index (χ0) is 14.1. The van der Waals surface area contributed by atoms with Gasteiger partial charge in [-0.2, -0.15) is 0 Å². The predicted molar refractivity (Wildman–Crippen MR) is 76.7 cm³/mol. The normalized spacial score (nSPS) is 10.8. The summed E-state index contributed by atoms with van der Waals surface area (Å²) in [6, 6.07) is 5.81. The van der Waals surface area contributed by atoms with Crippen molar-refractivity contribution in [3.63, 3.8) is 0 Å². The second-order valence-corrected chi connectivity index (χ2v) is 4.75. The van der Waals surface area contributed by atoms with Crippen molar-refractivity contribution in [3.05, 3.63) is 23.8 Å². The Bertz CT molecular complexity index is 366. The van der Waals surface area contributed by atoms with Crippen LogP contribution in [0.2, 0.25) is 0 Å². The van der Waals surface area contributed by atoms with Gasteiger partial charge in [0.2, 0.25) is 0 Å². The lowest BCUT2D eigenvalue weighted by Crippen LogP contribution is -2.19. The molecule has 0 bridgehead atoms. The molecule has 108 valence electrons. The Kier molecular flexibility index (Phi) is 7.30. The van der Waals surface area contributed by atoms with Crippen molar-refractivity contribution in [1.82, 2.24) is 5.32 Å². The molecule has 0 heterocycles. The third kappa shape index (κ3) is 5.94. The number of ether oxygens (including phenoxy) is 3. The van der Waals surface area contributed by atoms with Crippen LogP contribution in [0.4, 0.5) is 0 Å². The van der Waals surface area contributed by atoms with E-state index in [-0.39, 0.29) is 6.79 Å². The first-order chi connectivity index (χ1) is 9.17. The Morgan fingerprint density at radius 3 is 2.68 bits per heavy atom. The summed E-state index contributed by atoms with van der Waals surface area (Å²) in [6.45, 7) is 8.98. The van der Waals surface area contributed by atoms with Gasteiger partial charge in [0.1, 0.15) is 11.5 Å². The third-order valence-electron chi connectivity index (χ3n) is 2.64. The van der Waals surface area contributed by atoms with E-state index in [9.17, 15) is 0 Å². The molecule has 0 atom stereocenters. The van der Waals surface area contributed by atoms with Gasteiger partial charge in [0, 0.05) is 18.7 Å². The largest absolute Gasteiger partial charge is 0.497 e. The maximum Gasteiger partial charge on any atom is 0.189 e. The Labute approximate surface area is 116 Å². The lowest BCUT2D eigenvalue weighted by atomic mass is 10.1. The second-order valence-electron chi connectivity index (χ2n) is 4.75. The topological polar surface area (TPSA) is 39.7 Å². The summed E-state index contributed by atoms with van der Waals surface area (Å²) in [6.07, 6.45) is 0. The molecule has 1 N–H and O–H groups in total. The second kappa shape index (κ2) is 8.77. The summed E-state index contributed by atoms with van der Waals surface area (Å²) < 4.78 is 16.1. The molecule has 1 aromatic rings. The number of hydrogen-bond acceptors (Lipinski definition) is 4. The fourth-order valence-corrected chi connectivity index (χ4v) is 1.65. The van der Waals surface area contributed by atoms with E-state index < -0.39 is 0 Å². The molecule has 4 heteroatoms. The highest BCUT2D eigenvalue weighted by atomic mass is 16.7. The molecular formula is C15H25NO3. The van der Waals surface area contributed by atoms with Gasteiger partial charge in [0.15, 0.2) is 6.79 Å². The quantitative estimate of drug-likeness (QED) is 0.551. The van der Waals surface area contributed by atoms with Gasteiger partial charge in [-0.25, -0.2) is 0 Å². The zero-order valence-electron chi connectivity index (χ0n) is 12.4. The van der Waals surface area contributed by atoms with Crippen LogP contribution in [0, 0.1) is 5.92 Å². The monoisotopic (exact) mass is 267 g/mol. The molecule has 0 spiro atoms. The van der Waals surface area contributed by atoms with Gasteiger partial charge in [0.25, 0.3) is 0 Å². The van der Waals surface area contributed by atoms with Crippen LogP contribution >= 0.6 is 0 Å². The van der Waals surface area contributed by atoms with Crippen LogP contribution in [0.3, 0.4) is 0 Å². The highest BCUT2D eigenvalue weighted by molar-refractivity contribution is 5.40. The molecule has 0 aliphatic carbocycles. The molecule has 0 saturated carbocycles. The first kappa shape index (κ1) is 15.8. The lowest BCUT2D eigenvalue weighted by molar-refractivity contribution is 0.0217. The fourth-order valence-electron chi connectivity index (χ4n) is 1.65. The van der Waals surface area contributed by atoms with E-state index in [2.05, 4.69) is 19.2 Å². The minimum atomic E-state index is 0.278. The van der Waals surface area contributed by atoms with Crippen LogP contribution in [0.1, 0.15) is 26.3 Å². The average molecular weight is 267 g/mol. The van der Waals surface area contributed by atoms with Gasteiger partial charge < -0.3 is 19.5 Å². The Morgan fingerprint density at radius 2 is 2.05 bits per heavy atom. The number of hydrogen-bond donors (Lipinski definition) is 1. The van der Waals surface area contributed by atoms with Gasteiger partial charge in [-0.3, -0.25) is 0 Å². The molecule has 0 saturated heterocycles. The van der Waals surface area contributed by atoms with Crippen molar-refractivity contribution >= 4 is 0 Å². The molecule has 19 heavy (non-hydrogen) atoms. The first-order valence-corrected chi connectivity index (χ1v) is 6.75. The van der Waals surface area contributed by atoms with Crippen molar-refractivity contribution in [1.29, 1.82) is 0 Å². The van der Waals surface area contributed by atoms with Gasteiger partial charge in [-0.05, 0) is 37.6 Å². The highest BCUT2D eigenvalue weighted by Crippen LogP contribution is 2.24. The van der Waals surface area contributed by atoms with E-state index in [0.29, 0.717) is 12.5 Å². The van der Waals surface area contributed by atoms with Crippen LogP contribution in [-0.2, 0) is 11.3 Å². The van der Waals surface area contributed by atoms with Crippen molar-refractivity contribution in [2.24, 2.45) is 5.92 Å². The molecule has 4 nitrogen and oxygen atoms in total. The summed E-state index contributed by atoms with van der Waals surface area (Å²) in [5.74, 6) is 2.30. The molecule has 0 amide bonds. The van der Waals surface area contributed by atoms with E-state index in [1.165, 1.54) is 0 Å². The van der Waals surface area contributed by atoms with E-state index in [1.54, 1.807) is 7.11 Å². The standard InChI is InChI=1S/C15H25NO3/c1-5-18-11-19-15-7-6-14(17-4)8-13(15)10-16-9-12(2)3/h6-8,12,16H,5,9-11H2,1-4H3. The van der Waals surface area contributed by atoms with Crippen molar-refractivity contribution < 1.29 is 14.2 Å². The SMILES string of the molecule is CCOCOc1ccc(OC)cc1CNCC(C)C. The van der Waals surface area contributed by atoms with Crippen molar-refractivity contribution in [2.75, 3.05) is 27.1 Å². The predicted octanol–water partition coefficient (Wildman–Crippen LogP) is 2.81. The maximum atomic E-state index is 5.62. The fraction of sp³-hybridized carbons (Fsp3) is 0.600. The smallest absolute Gasteiger partial charge is 0.189 e. The summed E-state index contributed by atoms with van der Waals surface area (Å²) >= 11 is 0. The molecule has 0 unspecified atom stereocenters. The lowest BCUT2D eigenvalue weighted by Gasteiger charge is -2.14. The van der Waals surface area contributed by atoms with E-state index in [0.717, 1.165) is 30.2 Å². The number of nitrogens with one attached hydrogen (secondary N) is 1. The highest BCUT2D eigenvalue weighted by Gasteiger charge is 2.06. The summed E-state index contributed by atoms with van der Waals surface area (Å²) in [7, 11) is 1.67. The number of methoxy groups -OCH3 is 1. The van der Waals surface area contributed by atoms with Gasteiger partial charge in [0.05, 0.1) is 7.11 Å². The number of benzene rings is 1. The Hall–Kier alpha value is -1.26. The van der Waals surface area contributed by atoms with E-state index >= 15 is 0 Å². The molecule has 1 rings (SSSR count). The molecular weight excluding hydrogens is 242 g/mol. The van der Waals surface area contributed by atoms with E-state index in [4.69, 9.17) is 14.2 Å². The molecule has 0 aliphatic heterocycles. The van der Waals surface area contributed by atoms with Crippen molar-refractivity contribution in [2.45, 2.75) is 27.3 Å². The average Bonchev–Trinajstić information content (AvgIpc) is 2.40. The van der Waals surface area contributed by atoms with E-state index in [1.807, 2.05) is 25.1 Å². The molecule has 1 aromatic carbocycles. The van der Waals surface area contributed by atoms with Crippen LogP contribution < -0.4 is 14.8 Å². The Balaban J connectivity index is 2.65. The third-order valence-corrected chi connectivity index (χ3v) is 2.64. The minimum absolute atomic E-state index is 0.278. The minimum Gasteiger partial charge on any atom is -0.497 e.